The predicted octanol–water partition coefficient (Wildman–Crippen LogP) is -7.06. The Morgan fingerprint density at radius 2 is 0.556 bits per heavy atom. The average Bonchev–Trinajstić information content (AvgIpc) is 2.33. The molecular formula is H6Na2O6Pt. The summed E-state index contributed by atoms with van der Waals surface area (Å²) in [5.41, 5.74) is 45.0. The zero-order chi connectivity index (χ0) is 12.0. The van der Waals surface area contributed by atoms with Gasteiger partial charge in [0.1, 0.15) is 0 Å². The second kappa shape index (κ2) is 156. The van der Waals surface area contributed by atoms with E-state index in [1.807, 2.05) is 0 Å². The third kappa shape index (κ3) is 124. The molecule has 0 aromatic rings. The minimum absolute atomic E-state index is 0. The van der Waals surface area contributed by atoms with Crippen LogP contribution in [0.15, 0.2) is 0 Å². The molecule has 0 radical (unpaired) electrons. The van der Waals surface area contributed by atoms with Crippen molar-refractivity contribution in [1.82, 2.24) is 0 Å². The van der Waals surface area contributed by atoms with E-state index in [2.05, 4.69) is 8.59 Å². The number of hydrogen-bond acceptors (Lipinski definition) is 6. The van der Waals surface area contributed by atoms with E-state index in [9.17, 15) is 0 Å². The first-order valence-corrected chi connectivity index (χ1v) is 0. The van der Waals surface area contributed by atoms with E-state index in [1.165, 1.54) is 0 Å². The van der Waals surface area contributed by atoms with Crippen molar-refractivity contribution in [2.24, 2.45) is 0 Å². The molecule has 0 heterocycles. The summed E-state index contributed by atoms with van der Waals surface area (Å²) in [4.78, 5) is 0. The molecule has 9 heteroatoms. The largest absolute Gasteiger partial charge is 4.00 e. The predicted molar refractivity (Wildman–Crippen MR) is 11.6 cm³/mol. The van der Waals surface area contributed by atoms with Crippen molar-refractivity contribution >= 4 is 0 Å². The topological polar surface area (TPSA) is 180 Å². The first-order chi connectivity index (χ1) is 6.00. The summed E-state index contributed by atoms with van der Waals surface area (Å²) in [6, 6.07) is 0. The molecule has 0 aliphatic rings. The maximum absolute atomic E-state index is 7.50. The smallest absolute Gasteiger partial charge is 0.870 e. The molecule has 0 atom stereocenters. The standard InChI is InChI=1S/2Na.6H2O.Pt/h;;6*1H2;/q2*+1;;;;;;;+4/p-6/i/hD6. The summed E-state index contributed by atoms with van der Waals surface area (Å²) in [6.07, 6.45) is 0. The summed E-state index contributed by atoms with van der Waals surface area (Å²) < 4.78 is 27.0. The maximum Gasteiger partial charge on any atom is 4.00 e. The van der Waals surface area contributed by atoms with E-state index in [4.69, 9.17) is 32.9 Å². The second-order valence-corrected chi connectivity index (χ2v) is 0. The maximum atomic E-state index is 7.50. The molecule has 0 saturated carbocycles. The van der Waals surface area contributed by atoms with Crippen LogP contribution in [-0.2, 0) is 21.1 Å². The second-order valence-electron chi connectivity index (χ2n) is 0. The summed E-state index contributed by atoms with van der Waals surface area (Å²) in [7, 11) is 0. The van der Waals surface area contributed by atoms with E-state index in [-0.39, 0.29) is 80.2 Å². The van der Waals surface area contributed by atoms with Crippen LogP contribution in [0.25, 0.3) is 0 Å². The van der Waals surface area contributed by atoms with Crippen molar-refractivity contribution in [3.63, 3.8) is 0 Å². The van der Waals surface area contributed by atoms with Crippen molar-refractivity contribution in [2.45, 2.75) is 0 Å². The molecule has 6 N–H and O–H groups in total. The molecule has 0 bridgehead atoms. The average molecular weight is 349 g/mol. The molecule has 0 rings (SSSR count). The fourth-order valence-electron chi connectivity index (χ4n) is 0. The molecule has 0 aromatic heterocycles. The molecule has 0 amide bonds. The van der Waals surface area contributed by atoms with Gasteiger partial charge in [0, 0.05) is 0 Å². The van der Waals surface area contributed by atoms with E-state index in [1.54, 1.807) is 0 Å². The van der Waals surface area contributed by atoms with E-state index < -0.39 is 0 Å². The van der Waals surface area contributed by atoms with Gasteiger partial charge >= 0.3 is 80.2 Å². The van der Waals surface area contributed by atoms with Gasteiger partial charge in [-0.2, -0.15) is 0 Å². The van der Waals surface area contributed by atoms with Gasteiger partial charge in [-0.15, -0.1) is 8.59 Å². The summed E-state index contributed by atoms with van der Waals surface area (Å²) >= 11 is 0. The molecule has 0 aliphatic heterocycles. The Hall–Kier alpha value is 2.45. The van der Waals surface area contributed by atoms with Crippen LogP contribution in [0.1, 0.15) is 8.59 Å². The zero-order valence-electron chi connectivity index (χ0n) is 10.8. The third-order valence-corrected chi connectivity index (χ3v) is 0. The van der Waals surface area contributed by atoms with Crippen molar-refractivity contribution in [3.8, 4) is 0 Å². The normalized spacial score (nSPS) is 4.67. The van der Waals surface area contributed by atoms with Crippen LogP contribution in [0.3, 0.4) is 0 Å². The Morgan fingerprint density at radius 1 is 0.556 bits per heavy atom. The molecule has 54 valence electrons. The van der Waals surface area contributed by atoms with E-state index >= 15 is 0 Å². The molecule has 6 nitrogen and oxygen atoms in total. The molecule has 0 spiro atoms. The van der Waals surface area contributed by atoms with Crippen LogP contribution in [0.5, 0.6) is 0 Å². The van der Waals surface area contributed by atoms with Gasteiger partial charge in [-0.3, -0.25) is 0 Å². The van der Waals surface area contributed by atoms with Crippen molar-refractivity contribution in [2.75, 3.05) is 0 Å². The van der Waals surface area contributed by atoms with Crippen molar-refractivity contribution in [1.29, 1.82) is 0 Å². The number of hydrogen-bond donors (Lipinski definition) is 0. The molecule has 9 heavy (non-hydrogen) atoms. The van der Waals surface area contributed by atoms with Gasteiger partial charge in [0.25, 0.3) is 0 Å². The minimum atomic E-state index is 0. The fourth-order valence-corrected chi connectivity index (χ4v) is 0. The molecule has 0 aromatic carbocycles. The summed E-state index contributed by atoms with van der Waals surface area (Å²) in [5, 5.41) is 0. The third-order valence-electron chi connectivity index (χ3n) is 0. The van der Waals surface area contributed by atoms with Gasteiger partial charge in [0.05, 0.1) is 0 Å². The monoisotopic (exact) mass is 349 g/mol. The van der Waals surface area contributed by atoms with Crippen LogP contribution >= 0.6 is 0 Å². The first kappa shape index (κ1) is 17.5. The molecule has 0 fully saturated rings. The van der Waals surface area contributed by atoms with Gasteiger partial charge in [-0.05, 0) is 0 Å². The Balaban J connectivity index is -0.00000000396. The molecule has 0 aliphatic carbocycles. The number of rotatable bonds is 0. The van der Waals surface area contributed by atoms with E-state index in [0.717, 1.165) is 0 Å². The Morgan fingerprint density at radius 3 is 0.556 bits per heavy atom. The zero-order valence-corrected chi connectivity index (χ0v) is 11.0. The Kier molecular flexibility index (Phi) is 303. The van der Waals surface area contributed by atoms with E-state index in [0.29, 0.717) is 0 Å². The van der Waals surface area contributed by atoms with Gasteiger partial charge in [0.2, 0.25) is 0 Å². The Labute approximate surface area is 120 Å². The van der Waals surface area contributed by atoms with Gasteiger partial charge in [0.15, 0.2) is 0 Å². The van der Waals surface area contributed by atoms with Crippen LogP contribution < -0.4 is 59.1 Å². The minimum Gasteiger partial charge on any atom is -0.870 e. The van der Waals surface area contributed by atoms with Gasteiger partial charge in [-0.1, -0.05) is 0 Å². The van der Waals surface area contributed by atoms with Gasteiger partial charge < -0.3 is 32.9 Å². The summed E-state index contributed by atoms with van der Waals surface area (Å²) in [5.74, 6) is 0. The van der Waals surface area contributed by atoms with Crippen LogP contribution in [0, 0.1) is 0 Å². The van der Waals surface area contributed by atoms with Crippen molar-refractivity contribution in [3.05, 3.63) is 0 Å². The fraction of sp³-hybridized carbons (Fsp3) is 0. The van der Waals surface area contributed by atoms with Crippen molar-refractivity contribution < 1.29 is 122 Å². The van der Waals surface area contributed by atoms with Crippen LogP contribution in [0.2, 0.25) is 0 Å². The first-order valence-electron chi connectivity index (χ1n) is 2.45. The van der Waals surface area contributed by atoms with Crippen LogP contribution in [0.4, 0.5) is 0 Å². The van der Waals surface area contributed by atoms with Crippen LogP contribution in [-0.4, -0.2) is 32.9 Å². The quantitative estimate of drug-likeness (QED) is 0.392. The molecule has 0 unspecified atom stereocenters. The molecular weight excluding hydrogens is 337 g/mol. The van der Waals surface area contributed by atoms with Gasteiger partial charge in [-0.25, -0.2) is 0 Å². The summed E-state index contributed by atoms with van der Waals surface area (Å²) in [6.45, 7) is 0. The molecule has 0 saturated heterocycles. The SMILES string of the molecule is [2H][O-].[2H][O-].[2H][O-].[2H][O-].[2H][O-].[2H][O-].[Na+].[Na+].[Pt+4]. The Bertz CT molecular complexity index is 25.6.